The van der Waals surface area contributed by atoms with Gasteiger partial charge in [-0.3, -0.25) is 4.90 Å². The van der Waals surface area contributed by atoms with Gasteiger partial charge in [0.1, 0.15) is 0 Å². The molecule has 0 heterocycles. The summed E-state index contributed by atoms with van der Waals surface area (Å²) in [5.41, 5.74) is 4.60. The van der Waals surface area contributed by atoms with Crippen LogP contribution in [0.1, 0.15) is 11.1 Å². The van der Waals surface area contributed by atoms with Crippen LogP contribution in [0.5, 0.6) is 0 Å². The number of benzene rings is 1. The molecule has 0 aromatic heterocycles. The van der Waals surface area contributed by atoms with E-state index in [1.807, 2.05) is 6.08 Å². The molecular weight excluding hydrogens is 206 g/mol. The molecule has 2 rings (SSSR count). The number of likely N-dealkylation sites (N-methyl/N-ethyl adjacent to an activating group) is 1. The Hall–Kier alpha value is -0.790. The second-order valence-corrected chi connectivity index (χ2v) is 4.38. The van der Waals surface area contributed by atoms with E-state index in [-0.39, 0.29) is 0 Å². The highest BCUT2D eigenvalue weighted by molar-refractivity contribution is 6.25. The van der Waals surface area contributed by atoms with Crippen molar-refractivity contribution in [2.75, 3.05) is 13.6 Å². The van der Waals surface area contributed by atoms with Crippen molar-refractivity contribution in [3.05, 3.63) is 47.0 Å². The molecule has 0 fully saturated rings. The Morgan fingerprint density at radius 3 is 2.47 bits per heavy atom. The van der Waals surface area contributed by atoms with Gasteiger partial charge < -0.3 is 0 Å². The zero-order valence-corrected chi connectivity index (χ0v) is 9.74. The van der Waals surface area contributed by atoms with Gasteiger partial charge in [-0.15, -0.1) is 0 Å². The highest BCUT2D eigenvalue weighted by Gasteiger charge is 2.23. The number of hydrogen-bond acceptors (Lipinski definition) is 1. The Bertz CT molecular complexity index is 334. The predicted octanol–water partition coefficient (Wildman–Crippen LogP) is 2.84. The van der Waals surface area contributed by atoms with Gasteiger partial charge in [-0.1, -0.05) is 41.9 Å². The molecule has 0 N–H and O–H groups in total. The van der Waals surface area contributed by atoms with Crippen LogP contribution in [0.3, 0.4) is 0 Å². The molecular formula is C13H16ClN. The molecule has 0 radical (unpaired) electrons. The fourth-order valence-electron chi connectivity index (χ4n) is 2.20. The van der Waals surface area contributed by atoms with Gasteiger partial charge in [-0.05, 0) is 31.0 Å². The van der Waals surface area contributed by atoms with Crippen LogP contribution in [0.15, 0.2) is 35.9 Å². The van der Waals surface area contributed by atoms with Crippen LogP contribution in [0, 0.1) is 0 Å². The number of halogens is 1. The lowest BCUT2D eigenvalue weighted by molar-refractivity contribution is 0.275. The quantitative estimate of drug-likeness (QED) is 0.759. The SMILES string of the molecule is CN(C/C=C/Cl)C1Cc2ccccc2C1. The third-order valence-electron chi connectivity index (χ3n) is 3.14. The van der Waals surface area contributed by atoms with Crippen molar-refractivity contribution >= 4 is 11.6 Å². The number of rotatable bonds is 3. The fraction of sp³-hybridized carbons (Fsp3) is 0.385. The molecule has 1 aliphatic carbocycles. The monoisotopic (exact) mass is 221 g/mol. The second-order valence-electron chi connectivity index (χ2n) is 4.13. The van der Waals surface area contributed by atoms with Gasteiger partial charge >= 0.3 is 0 Å². The van der Waals surface area contributed by atoms with Crippen molar-refractivity contribution < 1.29 is 0 Å². The molecule has 2 heteroatoms. The average Bonchev–Trinajstić information content (AvgIpc) is 2.69. The smallest absolute Gasteiger partial charge is 0.0176 e. The van der Waals surface area contributed by atoms with Gasteiger partial charge in [-0.2, -0.15) is 0 Å². The summed E-state index contributed by atoms with van der Waals surface area (Å²) in [7, 11) is 2.16. The van der Waals surface area contributed by atoms with Crippen LogP contribution in [0.2, 0.25) is 0 Å². The molecule has 1 aromatic carbocycles. The van der Waals surface area contributed by atoms with Crippen molar-refractivity contribution in [1.29, 1.82) is 0 Å². The largest absolute Gasteiger partial charge is 0.299 e. The molecule has 0 aliphatic heterocycles. The summed E-state index contributed by atoms with van der Waals surface area (Å²) in [6, 6.07) is 9.36. The molecule has 0 amide bonds. The summed E-state index contributed by atoms with van der Waals surface area (Å²) in [6.07, 6.45) is 4.33. The molecule has 0 saturated heterocycles. The number of hydrogen-bond donors (Lipinski definition) is 0. The third-order valence-corrected chi connectivity index (χ3v) is 3.31. The van der Waals surface area contributed by atoms with E-state index in [1.165, 1.54) is 24.0 Å². The standard InChI is InChI=1S/C13H16ClN/c1-15(8-4-7-14)13-9-11-5-2-3-6-12(11)10-13/h2-7,13H,8-10H2,1H3/b7-4+. The predicted molar refractivity (Wildman–Crippen MR) is 65.3 cm³/mol. The highest BCUT2D eigenvalue weighted by Crippen LogP contribution is 2.24. The van der Waals surface area contributed by atoms with E-state index in [9.17, 15) is 0 Å². The van der Waals surface area contributed by atoms with E-state index < -0.39 is 0 Å². The zero-order chi connectivity index (χ0) is 10.7. The summed E-state index contributed by atoms with van der Waals surface area (Å²) in [6.45, 7) is 0.933. The molecule has 1 aliphatic rings. The lowest BCUT2D eigenvalue weighted by Crippen LogP contribution is -2.32. The molecule has 0 atom stereocenters. The Balaban J connectivity index is 2.00. The van der Waals surface area contributed by atoms with Gasteiger partial charge in [0.25, 0.3) is 0 Å². The van der Waals surface area contributed by atoms with Gasteiger partial charge in [0.2, 0.25) is 0 Å². The molecule has 15 heavy (non-hydrogen) atoms. The van der Waals surface area contributed by atoms with Crippen LogP contribution in [0.25, 0.3) is 0 Å². The maximum atomic E-state index is 5.53. The van der Waals surface area contributed by atoms with Crippen LogP contribution in [-0.2, 0) is 12.8 Å². The van der Waals surface area contributed by atoms with Crippen molar-refractivity contribution in [1.82, 2.24) is 4.90 Å². The lowest BCUT2D eigenvalue weighted by Gasteiger charge is -2.22. The summed E-state index contributed by atoms with van der Waals surface area (Å²) in [4.78, 5) is 2.36. The molecule has 1 nitrogen and oxygen atoms in total. The molecule has 80 valence electrons. The summed E-state index contributed by atoms with van der Waals surface area (Å²) in [5, 5.41) is 0. The molecule has 0 spiro atoms. The van der Waals surface area contributed by atoms with Crippen LogP contribution in [-0.4, -0.2) is 24.5 Å². The first-order chi connectivity index (χ1) is 7.31. The second kappa shape index (κ2) is 4.82. The Morgan fingerprint density at radius 2 is 1.93 bits per heavy atom. The zero-order valence-electron chi connectivity index (χ0n) is 8.99. The van der Waals surface area contributed by atoms with E-state index in [1.54, 1.807) is 5.54 Å². The van der Waals surface area contributed by atoms with Crippen molar-refractivity contribution in [3.63, 3.8) is 0 Å². The van der Waals surface area contributed by atoms with Gasteiger partial charge in [-0.25, -0.2) is 0 Å². The lowest BCUT2D eigenvalue weighted by atomic mass is 10.1. The summed E-state index contributed by atoms with van der Waals surface area (Å²) < 4.78 is 0. The van der Waals surface area contributed by atoms with Crippen molar-refractivity contribution in [2.45, 2.75) is 18.9 Å². The molecule has 1 aromatic rings. The maximum Gasteiger partial charge on any atom is 0.0176 e. The minimum absolute atomic E-state index is 0.635. The number of nitrogens with zero attached hydrogens (tertiary/aromatic N) is 1. The van der Waals surface area contributed by atoms with E-state index in [2.05, 4.69) is 36.2 Å². The van der Waals surface area contributed by atoms with Crippen LogP contribution < -0.4 is 0 Å². The minimum Gasteiger partial charge on any atom is -0.299 e. The van der Waals surface area contributed by atoms with Crippen molar-refractivity contribution in [2.24, 2.45) is 0 Å². The van der Waals surface area contributed by atoms with E-state index in [0.29, 0.717) is 6.04 Å². The molecule has 0 saturated carbocycles. The highest BCUT2D eigenvalue weighted by atomic mass is 35.5. The van der Waals surface area contributed by atoms with E-state index >= 15 is 0 Å². The van der Waals surface area contributed by atoms with Crippen LogP contribution in [0.4, 0.5) is 0 Å². The Morgan fingerprint density at radius 1 is 1.33 bits per heavy atom. The van der Waals surface area contributed by atoms with Gasteiger partial charge in [0.15, 0.2) is 0 Å². The maximum absolute atomic E-state index is 5.53. The first-order valence-corrected chi connectivity index (χ1v) is 5.77. The van der Waals surface area contributed by atoms with E-state index in [0.717, 1.165) is 6.54 Å². The minimum atomic E-state index is 0.635. The van der Waals surface area contributed by atoms with Gasteiger partial charge in [0, 0.05) is 18.1 Å². The normalized spacial score (nSPS) is 16.5. The molecule has 0 bridgehead atoms. The first kappa shape index (κ1) is 10.7. The fourth-order valence-corrected chi connectivity index (χ4v) is 2.28. The van der Waals surface area contributed by atoms with E-state index in [4.69, 9.17) is 11.6 Å². The topological polar surface area (TPSA) is 3.24 Å². The number of fused-ring (bicyclic) bond motifs is 1. The summed E-state index contributed by atoms with van der Waals surface area (Å²) >= 11 is 5.53. The Kier molecular flexibility index (Phi) is 3.45. The van der Waals surface area contributed by atoms with Crippen molar-refractivity contribution in [3.8, 4) is 0 Å². The molecule has 0 unspecified atom stereocenters. The summed E-state index contributed by atoms with van der Waals surface area (Å²) in [5.74, 6) is 0. The average molecular weight is 222 g/mol. The van der Waals surface area contributed by atoms with Crippen LogP contribution >= 0.6 is 11.6 Å². The van der Waals surface area contributed by atoms with Gasteiger partial charge in [0.05, 0.1) is 0 Å². The third kappa shape index (κ3) is 2.42. The Labute approximate surface area is 96.4 Å². The first-order valence-electron chi connectivity index (χ1n) is 5.33.